The van der Waals surface area contributed by atoms with Crippen LogP contribution in [-0.4, -0.2) is 15.9 Å². The van der Waals surface area contributed by atoms with E-state index in [9.17, 15) is 9.18 Å². The van der Waals surface area contributed by atoms with E-state index >= 15 is 0 Å². The van der Waals surface area contributed by atoms with E-state index in [2.05, 4.69) is 15.3 Å². The summed E-state index contributed by atoms with van der Waals surface area (Å²) in [7, 11) is 0. The van der Waals surface area contributed by atoms with Crippen LogP contribution in [0.5, 0.6) is 0 Å². The van der Waals surface area contributed by atoms with Crippen LogP contribution in [0.2, 0.25) is 0 Å². The molecule has 0 aliphatic rings. The van der Waals surface area contributed by atoms with Crippen molar-refractivity contribution in [2.45, 2.75) is 13.5 Å². The van der Waals surface area contributed by atoms with Crippen molar-refractivity contribution in [1.82, 2.24) is 15.3 Å². The van der Waals surface area contributed by atoms with Gasteiger partial charge in [-0.3, -0.25) is 9.78 Å². The number of carbonyl (C=O) groups excluding carboxylic acids is 1. The van der Waals surface area contributed by atoms with Gasteiger partial charge in [-0.25, -0.2) is 9.37 Å². The maximum atomic E-state index is 13.6. The molecule has 0 fully saturated rings. The molecule has 0 bridgehead atoms. The summed E-state index contributed by atoms with van der Waals surface area (Å²) in [5.41, 5.74) is 6.91. The third kappa shape index (κ3) is 3.04. The Morgan fingerprint density at radius 1 is 1.37 bits per heavy atom. The maximum absolute atomic E-state index is 13.6. The fourth-order valence-corrected chi connectivity index (χ4v) is 1.52. The van der Waals surface area contributed by atoms with Crippen LogP contribution in [0, 0.1) is 12.7 Å². The summed E-state index contributed by atoms with van der Waals surface area (Å²) < 4.78 is 13.6. The second kappa shape index (κ2) is 5.43. The minimum atomic E-state index is -0.804. The van der Waals surface area contributed by atoms with Gasteiger partial charge in [-0.05, 0) is 24.6 Å². The maximum Gasteiger partial charge on any atom is 0.254 e. The molecule has 1 amide bonds. The van der Waals surface area contributed by atoms with Gasteiger partial charge in [-0.2, -0.15) is 0 Å². The van der Waals surface area contributed by atoms with Crippen molar-refractivity contribution in [2.24, 2.45) is 0 Å². The number of aromatic nitrogens is 2. The highest BCUT2D eigenvalue weighted by molar-refractivity contribution is 5.95. The van der Waals surface area contributed by atoms with E-state index in [1.54, 1.807) is 6.20 Å². The zero-order valence-electron chi connectivity index (χ0n) is 10.4. The first-order valence-corrected chi connectivity index (χ1v) is 5.67. The Kier molecular flexibility index (Phi) is 3.70. The third-order valence-electron chi connectivity index (χ3n) is 2.59. The highest BCUT2D eigenvalue weighted by Crippen LogP contribution is 2.11. The zero-order chi connectivity index (χ0) is 13.8. The zero-order valence-corrected chi connectivity index (χ0v) is 10.4. The van der Waals surface area contributed by atoms with Crippen molar-refractivity contribution in [3.63, 3.8) is 0 Å². The van der Waals surface area contributed by atoms with Crippen LogP contribution >= 0.6 is 0 Å². The van der Waals surface area contributed by atoms with E-state index in [1.165, 1.54) is 12.3 Å². The number of aryl methyl sites for hydroxylation is 1. The van der Waals surface area contributed by atoms with E-state index in [-0.39, 0.29) is 17.9 Å². The normalized spacial score (nSPS) is 10.2. The smallest absolute Gasteiger partial charge is 0.254 e. The molecule has 2 aromatic rings. The summed E-state index contributed by atoms with van der Waals surface area (Å²) in [5, 5.41) is 2.60. The molecule has 6 heteroatoms. The van der Waals surface area contributed by atoms with Gasteiger partial charge < -0.3 is 11.1 Å². The van der Waals surface area contributed by atoms with Crippen molar-refractivity contribution >= 4 is 11.7 Å². The van der Waals surface area contributed by atoms with Gasteiger partial charge in [-0.15, -0.1) is 0 Å². The van der Waals surface area contributed by atoms with Gasteiger partial charge in [0.05, 0.1) is 5.56 Å². The van der Waals surface area contributed by atoms with Crippen molar-refractivity contribution in [1.29, 1.82) is 0 Å². The molecule has 0 aromatic carbocycles. The lowest BCUT2D eigenvalue weighted by Crippen LogP contribution is -2.24. The van der Waals surface area contributed by atoms with Crippen LogP contribution in [0.25, 0.3) is 0 Å². The highest BCUT2D eigenvalue weighted by Gasteiger charge is 2.14. The van der Waals surface area contributed by atoms with Crippen LogP contribution in [0.1, 0.15) is 21.6 Å². The summed E-state index contributed by atoms with van der Waals surface area (Å²) in [5.74, 6) is -1.63. The number of carbonyl (C=O) groups is 1. The van der Waals surface area contributed by atoms with Crippen LogP contribution in [0.3, 0.4) is 0 Å². The van der Waals surface area contributed by atoms with E-state index in [0.29, 0.717) is 0 Å². The minimum absolute atomic E-state index is 0.118. The summed E-state index contributed by atoms with van der Waals surface area (Å²) in [6.07, 6.45) is 2.95. The number of rotatable bonds is 3. The molecular weight excluding hydrogens is 247 g/mol. The number of pyridine rings is 2. The monoisotopic (exact) mass is 260 g/mol. The molecule has 0 aliphatic carbocycles. The Bertz CT molecular complexity index is 598. The number of nitrogens with one attached hydrogen (secondary N) is 1. The average Bonchev–Trinajstić information content (AvgIpc) is 2.41. The fraction of sp³-hybridized carbons (Fsp3) is 0.154. The first-order chi connectivity index (χ1) is 9.08. The second-order valence-corrected chi connectivity index (χ2v) is 4.05. The molecule has 2 aromatic heterocycles. The van der Waals surface area contributed by atoms with Gasteiger partial charge in [0.2, 0.25) is 0 Å². The summed E-state index contributed by atoms with van der Waals surface area (Å²) >= 11 is 0. The Hall–Kier alpha value is -2.50. The number of hydrogen-bond donors (Lipinski definition) is 2. The van der Waals surface area contributed by atoms with Crippen LogP contribution in [0.15, 0.2) is 30.6 Å². The molecule has 19 heavy (non-hydrogen) atoms. The van der Waals surface area contributed by atoms with Crippen LogP contribution in [-0.2, 0) is 6.54 Å². The molecule has 2 rings (SSSR count). The van der Waals surface area contributed by atoms with Gasteiger partial charge in [0.15, 0.2) is 11.6 Å². The lowest BCUT2D eigenvalue weighted by molar-refractivity contribution is 0.0947. The van der Waals surface area contributed by atoms with E-state index in [1.807, 2.05) is 19.1 Å². The Labute approximate surface area is 109 Å². The Morgan fingerprint density at radius 3 is 2.84 bits per heavy atom. The van der Waals surface area contributed by atoms with Gasteiger partial charge in [0.25, 0.3) is 5.91 Å². The van der Waals surface area contributed by atoms with Crippen LogP contribution < -0.4 is 11.1 Å². The topological polar surface area (TPSA) is 80.9 Å². The largest absolute Gasteiger partial charge is 0.381 e. The molecule has 0 spiro atoms. The summed E-state index contributed by atoms with van der Waals surface area (Å²) in [6, 6.07) is 4.97. The van der Waals surface area contributed by atoms with Gasteiger partial charge in [0, 0.05) is 24.6 Å². The second-order valence-electron chi connectivity index (χ2n) is 4.05. The molecule has 0 saturated carbocycles. The number of nitrogens with zero attached hydrogens (tertiary/aromatic N) is 2. The first kappa shape index (κ1) is 12.9. The number of hydrogen-bond acceptors (Lipinski definition) is 4. The average molecular weight is 260 g/mol. The predicted octanol–water partition coefficient (Wildman–Crippen LogP) is 1.44. The van der Waals surface area contributed by atoms with Crippen molar-refractivity contribution in [3.8, 4) is 0 Å². The minimum Gasteiger partial charge on any atom is -0.381 e. The Morgan fingerprint density at radius 2 is 2.16 bits per heavy atom. The molecule has 0 unspecified atom stereocenters. The fourth-order valence-electron chi connectivity index (χ4n) is 1.52. The van der Waals surface area contributed by atoms with E-state index < -0.39 is 11.7 Å². The molecule has 0 saturated heterocycles. The van der Waals surface area contributed by atoms with E-state index in [0.717, 1.165) is 11.3 Å². The lowest BCUT2D eigenvalue weighted by atomic mass is 10.2. The number of nitrogens with two attached hydrogens (primary N) is 1. The molecule has 0 atom stereocenters. The molecular formula is C13H13FN4O. The number of nitrogen functional groups attached to an aromatic ring is 1. The third-order valence-corrected chi connectivity index (χ3v) is 2.59. The molecule has 2 heterocycles. The van der Waals surface area contributed by atoms with Gasteiger partial charge >= 0.3 is 0 Å². The van der Waals surface area contributed by atoms with E-state index in [4.69, 9.17) is 5.73 Å². The van der Waals surface area contributed by atoms with Gasteiger partial charge in [0.1, 0.15) is 0 Å². The molecule has 3 N–H and O–H groups in total. The van der Waals surface area contributed by atoms with Crippen molar-refractivity contribution in [2.75, 3.05) is 5.73 Å². The standard InChI is InChI=1S/C13H13FN4O/c1-8-2-3-9(6-17-8)7-18-13(19)10-4-5-16-12(15)11(10)14/h2-6H,7H2,1H3,(H2,15,16)(H,18,19). The van der Waals surface area contributed by atoms with Crippen molar-refractivity contribution in [3.05, 3.63) is 53.2 Å². The number of halogens is 1. The Balaban J connectivity index is 2.05. The van der Waals surface area contributed by atoms with Crippen LogP contribution in [0.4, 0.5) is 10.2 Å². The molecule has 98 valence electrons. The van der Waals surface area contributed by atoms with Crippen molar-refractivity contribution < 1.29 is 9.18 Å². The lowest BCUT2D eigenvalue weighted by Gasteiger charge is -2.07. The quantitative estimate of drug-likeness (QED) is 0.875. The predicted molar refractivity (Wildman–Crippen MR) is 68.8 cm³/mol. The summed E-state index contributed by atoms with van der Waals surface area (Å²) in [6.45, 7) is 2.14. The molecule has 0 radical (unpaired) electrons. The number of anilines is 1. The first-order valence-electron chi connectivity index (χ1n) is 5.67. The SMILES string of the molecule is Cc1ccc(CNC(=O)c2ccnc(N)c2F)cn1. The summed E-state index contributed by atoms with van der Waals surface area (Å²) in [4.78, 5) is 19.5. The van der Waals surface area contributed by atoms with Gasteiger partial charge in [-0.1, -0.05) is 6.07 Å². The molecule has 5 nitrogen and oxygen atoms in total. The molecule has 0 aliphatic heterocycles. The highest BCUT2D eigenvalue weighted by atomic mass is 19.1. The number of amides is 1.